The predicted molar refractivity (Wildman–Crippen MR) is 101 cm³/mol. The summed E-state index contributed by atoms with van der Waals surface area (Å²) >= 11 is 0. The van der Waals surface area contributed by atoms with Crippen molar-refractivity contribution in [3.05, 3.63) is 57.6 Å². The lowest BCUT2D eigenvalue weighted by Crippen LogP contribution is -2.35. The van der Waals surface area contributed by atoms with Gasteiger partial charge in [0.1, 0.15) is 12.2 Å². The van der Waals surface area contributed by atoms with Crippen LogP contribution in [0.5, 0.6) is 11.5 Å². The molecule has 2 aromatic rings. The molecule has 0 bridgehead atoms. The predicted octanol–water partition coefficient (Wildman–Crippen LogP) is 2.35. The number of nitrogens with one attached hydrogen (secondary N) is 1. The summed E-state index contributed by atoms with van der Waals surface area (Å²) in [5.74, 6) is 1.55. The number of fused-ring (bicyclic) bond motifs is 1. The Morgan fingerprint density at radius 1 is 1.25 bits per heavy atom. The molecule has 4 rings (SSSR count). The maximum atomic E-state index is 12.4. The maximum absolute atomic E-state index is 12.4. The first-order valence-electron chi connectivity index (χ1n) is 9.50. The van der Waals surface area contributed by atoms with Crippen LogP contribution in [0, 0.1) is 12.8 Å². The molecule has 1 fully saturated rings. The Labute approximate surface area is 162 Å². The highest BCUT2D eigenvalue weighted by atomic mass is 16.6. The number of aryl methyl sites for hydroxylation is 1. The summed E-state index contributed by atoms with van der Waals surface area (Å²) in [6.07, 6.45) is 1.58. The molecule has 28 heavy (non-hydrogen) atoms. The molecule has 0 radical (unpaired) electrons. The second-order valence-corrected chi connectivity index (χ2v) is 7.39. The largest absolute Gasteiger partial charge is 0.485 e. The minimum atomic E-state index is -0.686. The topological polar surface area (TPSA) is 98.0 Å². The fraction of sp³-hybridized carbons (Fsp3) is 0.429. The minimum Gasteiger partial charge on any atom is -0.485 e. The standard InChI is InChI=1S/C21H23NO6/c1-12-8-17(18-11-26-15-4-2-3-5-16(15)27-18)28-21(25)19(12)20(24)22-7-6-13-9-14(23)10-13/h2-5,8,13-14,18,23H,6-7,9-11H2,1H3,(H,22,24). The van der Waals surface area contributed by atoms with E-state index in [1.807, 2.05) is 18.2 Å². The number of amides is 1. The normalized spacial score (nSPS) is 23.0. The average Bonchev–Trinajstić information content (AvgIpc) is 2.65. The Morgan fingerprint density at radius 3 is 2.71 bits per heavy atom. The Bertz CT molecular complexity index is 931. The Morgan fingerprint density at radius 2 is 2.00 bits per heavy atom. The lowest BCUT2D eigenvalue weighted by molar-refractivity contribution is 0.0393. The zero-order valence-corrected chi connectivity index (χ0v) is 15.6. The lowest BCUT2D eigenvalue weighted by atomic mass is 9.80. The molecule has 1 aliphatic heterocycles. The van der Waals surface area contributed by atoms with Gasteiger partial charge >= 0.3 is 5.63 Å². The molecule has 1 amide bonds. The third kappa shape index (κ3) is 3.75. The van der Waals surface area contributed by atoms with E-state index in [2.05, 4.69) is 5.32 Å². The SMILES string of the molecule is Cc1cc(C2COc3ccccc3O2)oc(=O)c1C(=O)NCCC1CC(O)C1. The third-order valence-electron chi connectivity index (χ3n) is 5.27. The first-order valence-corrected chi connectivity index (χ1v) is 9.50. The number of carbonyl (C=O) groups is 1. The van der Waals surface area contributed by atoms with E-state index in [9.17, 15) is 14.7 Å². The number of para-hydroxylation sites is 2. The van der Waals surface area contributed by atoms with Crippen LogP contribution in [0.25, 0.3) is 0 Å². The molecule has 2 aliphatic rings. The number of hydrogen-bond acceptors (Lipinski definition) is 6. The van der Waals surface area contributed by atoms with Gasteiger partial charge in [-0.1, -0.05) is 12.1 Å². The molecule has 7 nitrogen and oxygen atoms in total. The minimum absolute atomic E-state index is 0.00882. The van der Waals surface area contributed by atoms with Crippen LogP contribution in [-0.2, 0) is 0 Å². The van der Waals surface area contributed by atoms with Crippen LogP contribution >= 0.6 is 0 Å². The van der Waals surface area contributed by atoms with Crippen LogP contribution in [0.15, 0.2) is 39.5 Å². The summed E-state index contributed by atoms with van der Waals surface area (Å²) < 4.78 is 16.9. The van der Waals surface area contributed by atoms with Gasteiger partial charge in [0.05, 0.1) is 6.10 Å². The van der Waals surface area contributed by atoms with Gasteiger partial charge in [0.25, 0.3) is 5.91 Å². The van der Waals surface area contributed by atoms with Crippen LogP contribution in [0.3, 0.4) is 0 Å². The van der Waals surface area contributed by atoms with Crippen molar-refractivity contribution >= 4 is 5.91 Å². The number of aliphatic hydroxyl groups is 1. The van der Waals surface area contributed by atoms with Crippen LogP contribution in [0.2, 0.25) is 0 Å². The summed E-state index contributed by atoms with van der Waals surface area (Å²) in [7, 11) is 0. The van der Waals surface area contributed by atoms with Crippen LogP contribution in [0.4, 0.5) is 0 Å². The molecular formula is C21H23NO6. The fourth-order valence-electron chi connectivity index (χ4n) is 3.64. The van der Waals surface area contributed by atoms with Crippen molar-refractivity contribution in [2.75, 3.05) is 13.2 Å². The highest BCUT2D eigenvalue weighted by Crippen LogP contribution is 2.35. The molecule has 1 aromatic heterocycles. The van der Waals surface area contributed by atoms with E-state index in [-0.39, 0.29) is 18.3 Å². The van der Waals surface area contributed by atoms with E-state index < -0.39 is 17.6 Å². The van der Waals surface area contributed by atoms with Crippen molar-refractivity contribution < 1.29 is 23.8 Å². The summed E-state index contributed by atoms with van der Waals surface area (Å²) in [5, 5.41) is 12.1. The van der Waals surface area contributed by atoms with E-state index in [4.69, 9.17) is 13.9 Å². The first kappa shape index (κ1) is 18.6. The van der Waals surface area contributed by atoms with Gasteiger partial charge in [-0.15, -0.1) is 0 Å². The van der Waals surface area contributed by atoms with E-state index in [0.717, 1.165) is 19.3 Å². The van der Waals surface area contributed by atoms with Crippen molar-refractivity contribution in [3.8, 4) is 11.5 Å². The number of hydrogen-bond donors (Lipinski definition) is 2. The first-order chi connectivity index (χ1) is 13.5. The van der Waals surface area contributed by atoms with Gasteiger partial charge in [0, 0.05) is 6.54 Å². The van der Waals surface area contributed by atoms with Gasteiger partial charge in [-0.2, -0.15) is 0 Å². The molecule has 1 aromatic carbocycles. The number of rotatable bonds is 5. The molecule has 1 atom stereocenters. The van der Waals surface area contributed by atoms with E-state index in [1.165, 1.54) is 0 Å². The van der Waals surface area contributed by atoms with Crippen molar-refractivity contribution in [1.82, 2.24) is 5.32 Å². The average molecular weight is 385 g/mol. The third-order valence-corrected chi connectivity index (χ3v) is 5.27. The molecule has 1 saturated carbocycles. The summed E-state index contributed by atoms with van der Waals surface area (Å²) in [6, 6.07) is 8.94. The summed E-state index contributed by atoms with van der Waals surface area (Å²) in [5.41, 5.74) is -0.145. The van der Waals surface area contributed by atoms with Gasteiger partial charge in [-0.3, -0.25) is 4.79 Å². The van der Waals surface area contributed by atoms with Crippen molar-refractivity contribution in [2.45, 2.75) is 38.4 Å². The summed E-state index contributed by atoms with van der Waals surface area (Å²) in [4.78, 5) is 24.9. The fourth-order valence-corrected chi connectivity index (χ4v) is 3.64. The van der Waals surface area contributed by atoms with Gasteiger partial charge in [0.15, 0.2) is 23.4 Å². The smallest absolute Gasteiger partial charge is 0.349 e. The Balaban J connectivity index is 1.43. The maximum Gasteiger partial charge on any atom is 0.349 e. The molecular weight excluding hydrogens is 362 g/mol. The molecule has 1 aliphatic carbocycles. The number of aliphatic hydroxyl groups excluding tert-OH is 1. The van der Waals surface area contributed by atoms with Crippen molar-refractivity contribution in [1.29, 1.82) is 0 Å². The second kappa shape index (κ2) is 7.67. The van der Waals surface area contributed by atoms with Crippen molar-refractivity contribution in [3.63, 3.8) is 0 Å². The molecule has 1 unspecified atom stereocenters. The molecule has 148 valence electrons. The monoisotopic (exact) mass is 385 g/mol. The highest BCUT2D eigenvalue weighted by molar-refractivity contribution is 5.95. The van der Waals surface area contributed by atoms with Crippen LogP contribution in [0.1, 0.15) is 47.0 Å². The van der Waals surface area contributed by atoms with Crippen LogP contribution < -0.4 is 20.4 Å². The van der Waals surface area contributed by atoms with Crippen molar-refractivity contribution in [2.24, 2.45) is 5.92 Å². The highest BCUT2D eigenvalue weighted by Gasteiger charge is 2.28. The lowest BCUT2D eigenvalue weighted by Gasteiger charge is -2.31. The zero-order chi connectivity index (χ0) is 19.7. The number of carbonyl (C=O) groups excluding carboxylic acids is 1. The zero-order valence-electron chi connectivity index (χ0n) is 15.6. The molecule has 2 N–H and O–H groups in total. The quantitative estimate of drug-likeness (QED) is 0.820. The second-order valence-electron chi connectivity index (χ2n) is 7.39. The van der Waals surface area contributed by atoms with E-state index in [1.54, 1.807) is 19.1 Å². The molecule has 0 spiro atoms. The summed E-state index contributed by atoms with van der Waals surface area (Å²) in [6.45, 7) is 2.39. The Kier molecular flexibility index (Phi) is 5.09. The van der Waals surface area contributed by atoms with E-state index >= 15 is 0 Å². The number of ether oxygens (including phenoxy) is 2. The van der Waals surface area contributed by atoms with Gasteiger partial charge in [0.2, 0.25) is 0 Å². The molecule has 2 heterocycles. The molecule has 7 heteroatoms. The molecule has 0 saturated heterocycles. The van der Waals surface area contributed by atoms with Gasteiger partial charge in [-0.25, -0.2) is 4.79 Å². The van der Waals surface area contributed by atoms with Gasteiger partial charge in [-0.05, 0) is 55.9 Å². The van der Waals surface area contributed by atoms with Crippen LogP contribution in [-0.4, -0.2) is 30.3 Å². The van der Waals surface area contributed by atoms with E-state index in [0.29, 0.717) is 35.3 Å². The van der Waals surface area contributed by atoms with Gasteiger partial charge < -0.3 is 24.3 Å². The Hall–Kier alpha value is -2.80. The number of benzene rings is 1.